The number of piperidine rings is 1. The molecule has 0 bridgehead atoms. The number of likely N-dealkylation sites (tertiary alicyclic amines) is 1. The average molecular weight is 227 g/mol. The van der Waals surface area contributed by atoms with Crippen LogP contribution in [0.4, 0.5) is 0 Å². The predicted molar refractivity (Wildman–Crippen MR) is 60.6 cm³/mol. The van der Waals surface area contributed by atoms with Gasteiger partial charge in [-0.25, -0.2) is 0 Å². The van der Waals surface area contributed by atoms with E-state index in [1.54, 1.807) is 13.8 Å². The fourth-order valence-corrected chi connectivity index (χ4v) is 1.73. The van der Waals surface area contributed by atoms with Gasteiger partial charge in [-0.3, -0.25) is 9.59 Å². The summed E-state index contributed by atoms with van der Waals surface area (Å²) in [5.74, 6) is -0.921. The third-order valence-electron chi connectivity index (χ3n) is 3.42. The molecule has 16 heavy (non-hydrogen) atoms. The van der Waals surface area contributed by atoms with E-state index in [0.29, 0.717) is 19.4 Å². The monoisotopic (exact) mass is 227 g/mol. The summed E-state index contributed by atoms with van der Waals surface area (Å²) in [5.41, 5.74) is -0.631. The van der Waals surface area contributed by atoms with Crippen molar-refractivity contribution in [2.45, 2.75) is 52.7 Å². The molecule has 1 atom stereocenters. The molecule has 1 aliphatic heterocycles. The minimum Gasteiger partial charge on any atom is -0.374 e. The number of amides is 1. The molecular formula is C12H21NO3. The Balaban J connectivity index is 2.73. The molecule has 0 saturated carbocycles. The Kier molecular flexibility index (Phi) is 4.08. The van der Waals surface area contributed by atoms with Gasteiger partial charge in [-0.05, 0) is 25.7 Å². The second-order valence-electron chi connectivity index (χ2n) is 5.04. The number of hydrogen-bond acceptors (Lipinski definition) is 3. The van der Waals surface area contributed by atoms with E-state index in [1.165, 1.54) is 4.90 Å². The van der Waals surface area contributed by atoms with Gasteiger partial charge >= 0.3 is 0 Å². The van der Waals surface area contributed by atoms with Gasteiger partial charge in [0, 0.05) is 12.0 Å². The zero-order valence-corrected chi connectivity index (χ0v) is 10.3. The van der Waals surface area contributed by atoms with Gasteiger partial charge in [0.2, 0.25) is 5.78 Å². The number of aliphatic hydroxyl groups excluding tert-OH is 1. The van der Waals surface area contributed by atoms with Crippen LogP contribution in [-0.4, -0.2) is 34.5 Å². The van der Waals surface area contributed by atoms with Gasteiger partial charge in [0.05, 0.1) is 0 Å². The summed E-state index contributed by atoms with van der Waals surface area (Å²) >= 11 is 0. The summed E-state index contributed by atoms with van der Waals surface area (Å²) in [5, 5.41) is 9.68. The lowest BCUT2D eigenvalue weighted by molar-refractivity contribution is -0.157. The first-order valence-corrected chi connectivity index (χ1v) is 5.93. The predicted octanol–water partition coefficient (Wildman–Crippen LogP) is 1.32. The molecule has 1 N–H and O–H groups in total. The Morgan fingerprint density at radius 2 is 2.00 bits per heavy atom. The molecule has 4 nitrogen and oxygen atoms in total. The Morgan fingerprint density at radius 3 is 2.50 bits per heavy atom. The molecule has 1 rings (SSSR count). The Labute approximate surface area is 96.6 Å². The summed E-state index contributed by atoms with van der Waals surface area (Å²) < 4.78 is 0. The molecule has 0 aliphatic carbocycles. The van der Waals surface area contributed by atoms with Crippen LogP contribution < -0.4 is 0 Å². The third kappa shape index (κ3) is 2.61. The number of nitrogens with zero attached hydrogens (tertiary/aromatic N) is 1. The lowest BCUT2D eigenvalue weighted by atomic mass is 9.84. The van der Waals surface area contributed by atoms with E-state index in [4.69, 9.17) is 0 Å². The SMILES string of the molecule is CCC(C)(C)C(=O)C(=O)N1CCCCC1O. The number of carbonyl (C=O) groups is 2. The normalized spacial score (nSPS) is 22.0. The molecule has 1 amide bonds. The fourth-order valence-electron chi connectivity index (χ4n) is 1.73. The Morgan fingerprint density at radius 1 is 1.38 bits per heavy atom. The molecule has 1 saturated heterocycles. The molecule has 1 fully saturated rings. The minimum absolute atomic E-state index is 0.393. The lowest BCUT2D eigenvalue weighted by Crippen LogP contribution is -2.49. The summed E-state index contributed by atoms with van der Waals surface area (Å²) in [6, 6.07) is 0. The summed E-state index contributed by atoms with van der Waals surface area (Å²) in [6.07, 6.45) is 2.20. The van der Waals surface area contributed by atoms with Crippen molar-refractivity contribution in [1.29, 1.82) is 0 Å². The molecule has 0 aromatic carbocycles. The van der Waals surface area contributed by atoms with E-state index in [-0.39, 0.29) is 0 Å². The largest absolute Gasteiger partial charge is 0.374 e. The number of rotatable bonds is 3. The van der Waals surface area contributed by atoms with Gasteiger partial charge in [0.15, 0.2) is 0 Å². The van der Waals surface area contributed by atoms with Crippen molar-refractivity contribution in [3.8, 4) is 0 Å². The maximum atomic E-state index is 11.9. The standard InChI is InChI=1S/C12H21NO3/c1-4-12(2,3)10(15)11(16)13-8-6-5-7-9(13)14/h9,14H,4-8H2,1-3H3. The van der Waals surface area contributed by atoms with Crippen molar-refractivity contribution in [2.75, 3.05) is 6.54 Å². The molecular weight excluding hydrogens is 206 g/mol. The van der Waals surface area contributed by atoms with E-state index in [1.807, 2.05) is 6.92 Å². The van der Waals surface area contributed by atoms with Crippen LogP contribution in [-0.2, 0) is 9.59 Å². The highest BCUT2D eigenvalue weighted by Gasteiger charge is 2.36. The van der Waals surface area contributed by atoms with E-state index in [0.717, 1.165) is 12.8 Å². The zero-order chi connectivity index (χ0) is 12.3. The zero-order valence-electron chi connectivity index (χ0n) is 10.3. The second-order valence-corrected chi connectivity index (χ2v) is 5.04. The summed E-state index contributed by atoms with van der Waals surface area (Å²) in [4.78, 5) is 25.2. The van der Waals surface area contributed by atoms with E-state index < -0.39 is 23.3 Å². The van der Waals surface area contributed by atoms with Gasteiger partial charge < -0.3 is 10.0 Å². The summed E-state index contributed by atoms with van der Waals surface area (Å²) in [6.45, 7) is 5.91. The van der Waals surface area contributed by atoms with Crippen molar-refractivity contribution in [1.82, 2.24) is 4.90 Å². The average Bonchev–Trinajstić information content (AvgIpc) is 2.27. The number of ketones is 1. The maximum absolute atomic E-state index is 11.9. The topological polar surface area (TPSA) is 57.6 Å². The van der Waals surface area contributed by atoms with Crippen LogP contribution in [0.25, 0.3) is 0 Å². The molecule has 1 unspecified atom stereocenters. The molecule has 0 aromatic rings. The van der Waals surface area contributed by atoms with Gasteiger partial charge in [-0.1, -0.05) is 20.8 Å². The summed E-state index contributed by atoms with van der Waals surface area (Å²) in [7, 11) is 0. The third-order valence-corrected chi connectivity index (χ3v) is 3.42. The first kappa shape index (κ1) is 13.2. The van der Waals surface area contributed by atoms with Crippen molar-refractivity contribution in [3.05, 3.63) is 0 Å². The van der Waals surface area contributed by atoms with Crippen LogP contribution in [0.15, 0.2) is 0 Å². The smallest absolute Gasteiger partial charge is 0.292 e. The van der Waals surface area contributed by atoms with Gasteiger partial charge in [-0.15, -0.1) is 0 Å². The van der Waals surface area contributed by atoms with Crippen LogP contribution in [0, 0.1) is 5.41 Å². The molecule has 1 heterocycles. The molecule has 1 aliphatic rings. The van der Waals surface area contributed by atoms with Crippen LogP contribution in [0.5, 0.6) is 0 Å². The number of aliphatic hydroxyl groups is 1. The van der Waals surface area contributed by atoms with Gasteiger partial charge in [0.1, 0.15) is 6.23 Å². The van der Waals surface area contributed by atoms with Gasteiger partial charge in [0.25, 0.3) is 5.91 Å². The maximum Gasteiger partial charge on any atom is 0.292 e. The number of hydrogen-bond donors (Lipinski definition) is 1. The molecule has 0 aromatic heterocycles. The van der Waals surface area contributed by atoms with E-state index in [9.17, 15) is 14.7 Å². The first-order valence-electron chi connectivity index (χ1n) is 5.93. The van der Waals surface area contributed by atoms with Crippen molar-refractivity contribution in [2.24, 2.45) is 5.41 Å². The van der Waals surface area contributed by atoms with Crippen LogP contribution in [0.1, 0.15) is 46.5 Å². The molecule has 0 spiro atoms. The van der Waals surface area contributed by atoms with Crippen LogP contribution in [0.3, 0.4) is 0 Å². The second kappa shape index (κ2) is 4.95. The Hall–Kier alpha value is -0.900. The lowest BCUT2D eigenvalue weighted by Gasteiger charge is -2.33. The quantitative estimate of drug-likeness (QED) is 0.740. The van der Waals surface area contributed by atoms with Crippen LogP contribution >= 0.6 is 0 Å². The minimum atomic E-state index is -0.780. The van der Waals surface area contributed by atoms with E-state index >= 15 is 0 Å². The van der Waals surface area contributed by atoms with Crippen molar-refractivity contribution < 1.29 is 14.7 Å². The van der Waals surface area contributed by atoms with Gasteiger partial charge in [-0.2, -0.15) is 0 Å². The molecule has 4 heteroatoms. The highest BCUT2D eigenvalue weighted by molar-refractivity contribution is 6.37. The molecule has 92 valence electrons. The van der Waals surface area contributed by atoms with Crippen molar-refractivity contribution >= 4 is 11.7 Å². The first-order chi connectivity index (χ1) is 7.40. The molecule has 0 radical (unpaired) electrons. The number of carbonyl (C=O) groups excluding carboxylic acids is 2. The van der Waals surface area contributed by atoms with Crippen LogP contribution in [0.2, 0.25) is 0 Å². The fraction of sp³-hybridized carbons (Fsp3) is 0.833. The van der Waals surface area contributed by atoms with Crippen molar-refractivity contribution in [3.63, 3.8) is 0 Å². The highest BCUT2D eigenvalue weighted by Crippen LogP contribution is 2.24. The van der Waals surface area contributed by atoms with E-state index in [2.05, 4.69) is 0 Å². The highest BCUT2D eigenvalue weighted by atomic mass is 16.3. The number of Topliss-reactive ketones (excluding diaryl/α,β-unsaturated/α-hetero) is 1. The Bertz CT molecular complexity index is 286.